The lowest BCUT2D eigenvalue weighted by Gasteiger charge is -2.08. The van der Waals surface area contributed by atoms with E-state index in [2.05, 4.69) is 15.3 Å². The number of halogens is 1. The normalized spacial score (nSPS) is 10.0. The van der Waals surface area contributed by atoms with Gasteiger partial charge in [0.15, 0.2) is 0 Å². The molecule has 19 heavy (non-hydrogen) atoms. The van der Waals surface area contributed by atoms with Gasteiger partial charge in [-0.1, -0.05) is 11.6 Å². The molecule has 2 heterocycles. The average molecular weight is 278 g/mol. The van der Waals surface area contributed by atoms with Crippen LogP contribution in [0.4, 0.5) is 5.82 Å². The zero-order valence-corrected chi connectivity index (χ0v) is 11.0. The minimum Gasteiger partial charge on any atom is -0.477 e. The van der Waals surface area contributed by atoms with Gasteiger partial charge in [0.2, 0.25) is 5.88 Å². The fraction of sp³-hybridized carbons (Fsp3) is 0.154. The van der Waals surface area contributed by atoms with E-state index in [0.717, 1.165) is 0 Å². The SMILES string of the molecule is CCOc1ncccc1C(=O)Nc1ccc(Cl)cn1. The second kappa shape index (κ2) is 6.15. The molecular formula is C13H12ClN3O2. The van der Waals surface area contributed by atoms with Crippen LogP contribution < -0.4 is 10.1 Å². The summed E-state index contributed by atoms with van der Waals surface area (Å²) in [6.45, 7) is 2.27. The first-order valence-corrected chi connectivity index (χ1v) is 6.09. The minimum absolute atomic E-state index is 0.302. The lowest BCUT2D eigenvalue weighted by molar-refractivity contribution is 0.102. The van der Waals surface area contributed by atoms with Gasteiger partial charge in [-0.15, -0.1) is 0 Å². The summed E-state index contributed by atoms with van der Waals surface area (Å²) in [4.78, 5) is 20.1. The number of pyridine rings is 2. The Morgan fingerprint density at radius 1 is 1.37 bits per heavy atom. The maximum absolute atomic E-state index is 12.1. The van der Waals surface area contributed by atoms with Gasteiger partial charge >= 0.3 is 0 Å². The van der Waals surface area contributed by atoms with Gasteiger partial charge in [-0.25, -0.2) is 9.97 Å². The highest BCUT2D eigenvalue weighted by atomic mass is 35.5. The quantitative estimate of drug-likeness (QED) is 0.933. The molecule has 0 aliphatic heterocycles. The van der Waals surface area contributed by atoms with Gasteiger partial charge < -0.3 is 10.1 Å². The van der Waals surface area contributed by atoms with E-state index in [1.54, 1.807) is 30.5 Å². The van der Waals surface area contributed by atoms with Crippen LogP contribution >= 0.6 is 11.6 Å². The summed E-state index contributed by atoms with van der Waals surface area (Å²) in [5.74, 6) is 0.392. The number of ether oxygens (including phenoxy) is 1. The van der Waals surface area contributed by atoms with Crippen LogP contribution in [-0.4, -0.2) is 22.5 Å². The third-order valence-electron chi connectivity index (χ3n) is 2.27. The average Bonchev–Trinajstić information content (AvgIpc) is 2.42. The van der Waals surface area contributed by atoms with Crippen molar-refractivity contribution in [1.29, 1.82) is 0 Å². The Kier molecular flexibility index (Phi) is 4.30. The number of nitrogens with one attached hydrogen (secondary N) is 1. The summed E-state index contributed by atoms with van der Waals surface area (Å²) in [5.41, 5.74) is 0.362. The number of nitrogens with zero attached hydrogens (tertiary/aromatic N) is 2. The molecule has 2 rings (SSSR count). The second-order valence-electron chi connectivity index (χ2n) is 3.60. The topological polar surface area (TPSA) is 64.1 Å². The van der Waals surface area contributed by atoms with E-state index in [0.29, 0.717) is 28.9 Å². The Balaban J connectivity index is 2.18. The Labute approximate surface area is 115 Å². The van der Waals surface area contributed by atoms with Crippen molar-refractivity contribution in [3.63, 3.8) is 0 Å². The van der Waals surface area contributed by atoms with Crippen molar-refractivity contribution in [2.45, 2.75) is 6.92 Å². The lowest BCUT2D eigenvalue weighted by Crippen LogP contribution is -2.15. The number of anilines is 1. The van der Waals surface area contributed by atoms with Crippen LogP contribution in [0.2, 0.25) is 5.02 Å². The van der Waals surface area contributed by atoms with Crippen molar-refractivity contribution >= 4 is 23.3 Å². The predicted octanol–water partition coefficient (Wildman–Crippen LogP) is 2.78. The summed E-state index contributed by atoms with van der Waals surface area (Å²) in [6.07, 6.45) is 3.03. The van der Waals surface area contributed by atoms with Crippen molar-refractivity contribution in [3.8, 4) is 5.88 Å². The van der Waals surface area contributed by atoms with Gasteiger partial charge in [0.05, 0.1) is 11.6 Å². The molecule has 0 aliphatic rings. The van der Waals surface area contributed by atoms with Gasteiger partial charge in [-0.3, -0.25) is 4.79 Å². The van der Waals surface area contributed by atoms with E-state index in [1.165, 1.54) is 6.20 Å². The van der Waals surface area contributed by atoms with Crippen LogP contribution in [-0.2, 0) is 0 Å². The second-order valence-corrected chi connectivity index (χ2v) is 4.04. The van der Waals surface area contributed by atoms with E-state index in [-0.39, 0.29) is 5.91 Å². The number of carbonyl (C=O) groups is 1. The first kappa shape index (κ1) is 13.3. The molecular weight excluding hydrogens is 266 g/mol. The molecule has 0 atom stereocenters. The van der Waals surface area contributed by atoms with Crippen LogP contribution in [0, 0.1) is 0 Å². The van der Waals surface area contributed by atoms with Crippen LogP contribution in [0.3, 0.4) is 0 Å². The fourth-order valence-corrected chi connectivity index (χ4v) is 1.56. The molecule has 98 valence electrons. The van der Waals surface area contributed by atoms with Gasteiger partial charge in [0, 0.05) is 12.4 Å². The van der Waals surface area contributed by atoms with E-state index < -0.39 is 0 Å². The van der Waals surface area contributed by atoms with Crippen LogP contribution in [0.1, 0.15) is 17.3 Å². The molecule has 0 aliphatic carbocycles. The first-order chi connectivity index (χ1) is 9.20. The largest absolute Gasteiger partial charge is 0.477 e. The smallest absolute Gasteiger partial charge is 0.262 e. The number of amides is 1. The highest BCUT2D eigenvalue weighted by Crippen LogP contribution is 2.16. The molecule has 6 heteroatoms. The Morgan fingerprint density at radius 2 is 2.21 bits per heavy atom. The third-order valence-corrected chi connectivity index (χ3v) is 2.49. The Hall–Kier alpha value is -2.14. The molecule has 0 saturated carbocycles. The van der Waals surface area contributed by atoms with Crippen molar-refractivity contribution in [3.05, 3.63) is 47.2 Å². The van der Waals surface area contributed by atoms with Gasteiger partial charge in [0.1, 0.15) is 11.4 Å². The summed E-state index contributed by atoms with van der Waals surface area (Å²) in [6, 6.07) is 6.59. The molecule has 5 nitrogen and oxygen atoms in total. The van der Waals surface area contributed by atoms with Crippen molar-refractivity contribution in [1.82, 2.24) is 9.97 Å². The van der Waals surface area contributed by atoms with Crippen molar-refractivity contribution in [2.75, 3.05) is 11.9 Å². The van der Waals surface area contributed by atoms with E-state index in [1.807, 2.05) is 6.92 Å². The fourth-order valence-electron chi connectivity index (χ4n) is 1.45. The van der Waals surface area contributed by atoms with Gasteiger partial charge in [-0.05, 0) is 31.2 Å². The standard InChI is InChI=1S/C13H12ClN3O2/c1-2-19-13-10(4-3-7-15-13)12(18)17-11-6-5-9(14)8-16-11/h3-8H,2H2,1H3,(H,16,17,18). The van der Waals surface area contributed by atoms with Gasteiger partial charge in [0.25, 0.3) is 5.91 Å². The van der Waals surface area contributed by atoms with E-state index in [4.69, 9.17) is 16.3 Å². The maximum Gasteiger partial charge on any atom is 0.262 e. The van der Waals surface area contributed by atoms with E-state index in [9.17, 15) is 4.79 Å². The lowest BCUT2D eigenvalue weighted by atomic mass is 10.2. The summed E-state index contributed by atoms with van der Waals surface area (Å²) in [5, 5.41) is 3.16. The predicted molar refractivity (Wildman–Crippen MR) is 72.6 cm³/mol. The molecule has 0 saturated heterocycles. The third kappa shape index (κ3) is 3.42. The zero-order chi connectivity index (χ0) is 13.7. The number of hydrogen-bond acceptors (Lipinski definition) is 4. The van der Waals surface area contributed by atoms with Gasteiger partial charge in [-0.2, -0.15) is 0 Å². The zero-order valence-electron chi connectivity index (χ0n) is 10.3. The molecule has 1 amide bonds. The molecule has 2 aromatic rings. The first-order valence-electron chi connectivity index (χ1n) is 5.71. The molecule has 2 aromatic heterocycles. The van der Waals surface area contributed by atoms with Crippen molar-refractivity contribution in [2.24, 2.45) is 0 Å². The van der Waals surface area contributed by atoms with E-state index >= 15 is 0 Å². The molecule has 1 N–H and O–H groups in total. The van der Waals surface area contributed by atoms with Crippen LogP contribution in [0.15, 0.2) is 36.7 Å². The Bertz CT molecular complexity index is 572. The molecule has 0 aromatic carbocycles. The minimum atomic E-state index is -0.327. The molecule has 0 fully saturated rings. The number of carbonyl (C=O) groups excluding carboxylic acids is 1. The Morgan fingerprint density at radius 3 is 2.89 bits per heavy atom. The number of rotatable bonds is 4. The molecule has 0 unspecified atom stereocenters. The number of hydrogen-bond donors (Lipinski definition) is 1. The summed E-state index contributed by atoms with van der Waals surface area (Å²) < 4.78 is 5.30. The maximum atomic E-state index is 12.1. The monoisotopic (exact) mass is 277 g/mol. The number of aromatic nitrogens is 2. The van der Waals surface area contributed by atoms with Crippen LogP contribution in [0.25, 0.3) is 0 Å². The highest BCUT2D eigenvalue weighted by Gasteiger charge is 2.13. The molecule has 0 radical (unpaired) electrons. The molecule has 0 spiro atoms. The molecule has 0 bridgehead atoms. The highest BCUT2D eigenvalue weighted by molar-refractivity contribution is 6.30. The summed E-state index contributed by atoms with van der Waals surface area (Å²) >= 11 is 5.73. The van der Waals surface area contributed by atoms with Crippen LogP contribution in [0.5, 0.6) is 5.88 Å². The summed E-state index contributed by atoms with van der Waals surface area (Å²) in [7, 11) is 0. The van der Waals surface area contributed by atoms with Crippen molar-refractivity contribution < 1.29 is 9.53 Å².